The number of aryl methyl sites for hydroxylation is 1. The monoisotopic (exact) mass is 399 g/mol. The maximum absolute atomic E-state index is 13.1. The Morgan fingerprint density at radius 2 is 2.04 bits per heavy atom. The zero-order valence-corrected chi connectivity index (χ0v) is 16.6. The second kappa shape index (κ2) is 7.11. The van der Waals surface area contributed by atoms with E-state index < -0.39 is 11.7 Å². The van der Waals surface area contributed by atoms with Gasteiger partial charge in [-0.05, 0) is 37.3 Å². The zero-order valence-electron chi connectivity index (χ0n) is 15.8. The van der Waals surface area contributed by atoms with E-state index in [4.69, 9.17) is 16.3 Å². The first-order valence-corrected chi connectivity index (χ1v) is 9.58. The molecule has 2 aromatic carbocycles. The predicted molar refractivity (Wildman–Crippen MR) is 108 cm³/mol. The molecule has 146 valence electrons. The third kappa shape index (κ3) is 3.45. The number of hydrogen-bond donors (Lipinski definition) is 1. The van der Waals surface area contributed by atoms with Crippen LogP contribution in [-0.2, 0) is 7.05 Å². The van der Waals surface area contributed by atoms with Gasteiger partial charge in [0.2, 0.25) is 0 Å². The van der Waals surface area contributed by atoms with Crippen molar-refractivity contribution >= 4 is 28.5 Å². The molecule has 0 spiro atoms. The lowest BCUT2D eigenvalue weighted by molar-refractivity contribution is -0.0901. The van der Waals surface area contributed by atoms with Crippen LogP contribution in [0.25, 0.3) is 11.0 Å². The van der Waals surface area contributed by atoms with Crippen molar-refractivity contribution in [1.29, 1.82) is 0 Å². The van der Waals surface area contributed by atoms with Gasteiger partial charge in [0.15, 0.2) is 5.82 Å². The number of ether oxygens (including phenoxy) is 1. The van der Waals surface area contributed by atoms with Gasteiger partial charge in [-0.25, -0.2) is 4.98 Å². The van der Waals surface area contributed by atoms with Gasteiger partial charge in [-0.15, -0.1) is 0 Å². The Morgan fingerprint density at radius 3 is 2.75 bits per heavy atom. The minimum Gasteiger partial charge on any atom is -0.487 e. The summed E-state index contributed by atoms with van der Waals surface area (Å²) < 4.78 is 7.73. The molecule has 3 aromatic rings. The summed E-state index contributed by atoms with van der Waals surface area (Å²) in [6, 6.07) is 14.8. The van der Waals surface area contributed by atoms with Gasteiger partial charge >= 0.3 is 0 Å². The van der Waals surface area contributed by atoms with Gasteiger partial charge in [-0.1, -0.05) is 29.8 Å². The van der Waals surface area contributed by atoms with Gasteiger partial charge in [0.05, 0.1) is 17.6 Å². The zero-order chi connectivity index (χ0) is 19.9. The predicted octanol–water partition coefficient (Wildman–Crippen LogP) is 3.27. The van der Waals surface area contributed by atoms with E-state index in [1.54, 1.807) is 35.6 Å². The highest BCUT2D eigenvalue weighted by Gasteiger charge is 2.42. The second-order valence-corrected chi connectivity index (χ2v) is 7.86. The number of aliphatic hydroxyl groups is 1. The fourth-order valence-corrected chi connectivity index (χ4v) is 3.85. The molecular formula is C21H22ClN3O3. The molecule has 0 saturated carbocycles. The molecule has 0 aliphatic carbocycles. The lowest BCUT2D eigenvalue weighted by Crippen LogP contribution is -2.58. The Hall–Kier alpha value is -2.57. The van der Waals surface area contributed by atoms with Gasteiger partial charge in [-0.2, -0.15) is 0 Å². The number of imidazole rings is 1. The SMILES string of the molecule is Cn1c(C(=O)N2CC[C@H](Oc3ccccc3)[C@@](C)(O)C2)nc2cc(Cl)ccc21. The van der Waals surface area contributed by atoms with Crippen LogP contribution in [0.5, 0.6) is 5.75 Å². The molecular weight excluding hydrogens is 378 g/mol. The Morgan fingerprint density at radius 1 is 1.29 bits per heavy atom. The molecule has 0 radical (unpaired) electrons. The average Bonchev–Trinajstić information content (AvgIpc) is 2.99. The van der Waals surface area contributed by atoms with Crippen LogP contribution in [0.3, 0.4) is 0 Å². The maximum Gasteiger partial charge on any atom is 0.289 e. The van der Waals surface area contributed by atoms with Crippen LogP contribution in [0, 0.1) is 0 Å². The van der Waals surface area contributed by atoms with Crippen molar-refractivity contribution in [3.8, 4) is 5.75 Å². The van der Waals surface area contributed by atoms with Crippen molar-refractivity contribution in [2.75, 3.05) is 13.1 Å². The molecule has 1 fully saturated rings. The number of hydrogen-bond acceptors (Lipinski definition) is 4. The number of para-hydroxylation sites is 1. The van der Waals surface area contributed by atoms with Gasteiger partial charge < -0.3 is 19.3 Å². The smallest absolute Gasteiger partial charge is 0.289 e. The number of carbonyl (C=O) groups is 1. The van der Waals surface area contributed by atoms with E-state index in [2.05, 4.69) is 4.98 Å². The number of piperidine rings is 1. The summed E-state index contributed by atoms with van der Waals surface area (Å²) in [6.07, 6.45) is 0.141. The summed E-state index contributed by atoms with van der Waals surface area (Å²) in [5.41, 5.74) is 0.340. The lowest BCUT2D eigenvalue weighted by atomic mass is 9.91. The summed E-state index contributed by atoms with van der Waals surface area (Å²) in [5, 5.41) is 11.5. The van der Waals surface area contributed by atoms with Gasteiger partial charge in [-0.3, -0.25) is 4.79 Å². The molecule has 1 aliphatic rings. The summed E-state index contributed by atoms with van der Waals surface area (Å²) in [5.74, 6) is 0.823. The molecule has 6 nitrogen and oxygen atoms in total. The number of aromatic nitrogens is 2. The maximum atomic E-state index is 13.1. The minimum absolute atomic E-state index is 0.174. The van der Waals surface area contributed by atoms with Crippen LogP contribution in [0.2, 0.25) is 5.02 Å². The third-order valence-electron chi connectivity index (χ3n) is 5.21. The number of nitrogens with zero attached hydrogens (tertiary/aromatic N) is 3. The highest BCUT2D eigenvalue weighted by atomic mass is 35.5. The first kappa shape index (κ1) is 18.8. The Balaban J connectivity index is 1.53. The van der Waals surface area contributed by atoms with Crippen LogP contribution in [0.1, 0.15) is 24.0 Å². The summed E-state index contributed by atoms with van der Waals surface area (Å²) >= 11 is 6.04. The van der Waals surface area contributed by atoms with Crippen molar-refractivity contribution in [3.63, 3.8) is 0 Å². The van der Waals surface area contributed by atoms with E-state index in [-0.39, 0.29) is 12.5 Å². The third-order valence-corrected chi connectivity index (χ3v) is 5.44. The van der Waals surface area contributed by atoms with Crippen LogP contribution in [0.4, 0.5) is 0 Å². The molecule has 28 heavy (non-hydrogen) atoms. The first-order valence-electron chi connectivity index (χ1n) is 9.20. The quantitative estimate of drug-likeness (QED) is 0.734. The number of β-amino-alcohol motifs (C(OH)–C–C–N with tert-alkyl or cyclic N) is 1. The van der Waals surface area contributed by atoms with Crippen molar-refractivity contribution in [2.45, 2.75) is 25.0 Å². The van der Waals surface area contributed by atoms with E-state index in [1.807, 2.05) is 36.4 Å². The molecule has 2 heterocycles. The largest absolute Gasteiger partial charge is 0.487 e. The lowest BCUT2D eigenvalue weighted by Gasteiger charge is -2.42. The number of carbonyl (C=O) groups excluding carboxylic acids is 1. The standard InChI is InChI=1S/C21H22ClN3O3/c1-21(27)13-25(11-10-18(21)28-15-6-4-3-5-7-15)20(26)19-23-16-12-14(22)8-9-17(16)24(19)2/h3-9,12,18,27H,10-11,13H2,1-2H3/t18-,21-/m0/s1. The molecule has 4 rings (SSSR count). The molecule has 1 amide bonds. The first-order chi connectivity index (χ1) is 13.3. The fourth-order valence-electron chi connectivity index (χ4n) is 3.68. The molecule has 0 unspecified atom stereocenters. The van der Waals surface area contributed by atoms with Crippen LogP contribution < -0.4 is 4.74 Å². The average molecular weight is 400 g/mol. The molecule has 1 aliphatic heterocycles. The number of benzene rings is 2. The Labute approximate surface area is 168 Å². The van der Waals surface area contributed by atoms with Crippen molar-refractivity contribution in [1.82, 2.24) is 14.5 Å². The highest BCUT2D eigenvalue weighted by Crippen LogP contribution is 2.28. The number of rotatable bonds is 3. The molecule has 0 bridgehead atoms. The van der Waals surface area contributed by atoms with Crippen molar-refractivity contribution in [3.05, 3.63) is 59.4 Å². The van der Waals surface area contributed by atoms with Crippen LogP contribution in [0.15, 0.2) is 48.5 Å². The van der Waals surface area contributed by atoms with Crippen LogP contribution >= 0.6 is 11.6 Å². The van der Waals surface area contributed by atoms with Crippen molar-refractivity contribution < 1.29 is 14.6 Å². The van der Waals surface area contributed by atoms with E-state index in [1.165, 1.54) is 0 Å². The minimum atomic E-state index is -1.17. The number of amides is 1. The fraction of sp³-hybridized carbons (Fsp3) is 0.333. The summed E-state index contributed by atoms with van der Waals surface area (Å²) in [4.78, 5) is 19.2. The van der Waals surface area contributed by atoms with E-state index in [9.17, 15) is 9.90 Å². The topological polar surface area (TPSA) is 67.6 Å². The van der Waals surface area contributed by atoms with Crippen LogP contribution in [-0.4, -0.2) is 50.3 Å². The molecule has 1 saturated heterocycles. The Bertz CT molecular complexity index is 1020. The van der Waals surface area contributed by atoms with Gasteiger partial charge in [0, 0.05) is 25.0 Å². The van der Waals surface area contributed by atoms with E-state index >= 15 is 0 Å². The molecule has 1 N–H and O–H groups in total. The summed E-state index contributed by atoms with van der Waals surface area (Å²) in [7, 11) is 1.81. The van der Waals surface area contributed by atoms with Crippen molar-refractivity contribution in [2.24, 2.45) is 7.05 Å². The molecule has 7 heteroatoms. The number of halogens is 1. The highest BCUT2D eigenvalue weighted by molar-refractivity contribution is 6.31. The Kier molecular flexibility index (Phi) is 4.77. The molecule has 2 atom stereocenters. The normalized spacial score (nSPS) is 22.4. The summed E-state index contributed by atoms with van der Waals surface area (Å²) in [6.45, 7) is 2.36. The number of likely N-dealkylation sites (tertiary alicyclic amines) is 1. The van der Waals surface area contributed by atoms with Gasteiger partial charge in [0.25, 0.3) is 5.91 Å². The van der Waals surface area contributed by atoms with Gasteiger partial charge in [0.1, 0.15) is 17.5 Å². The number of fused-ring (bicyclic) bond motifs is 1. The molecule has 1 aromatic heterocycles. The van der Waals surface area contributed by atoms with E-state index in [0.29, 0.717) is 35.1 Å². The second-order valence-electron chi connectivity index (χ2n) is 7.42. The van der Waals surface area contributed by atoms with E-state index in [0.717, 1.165) is 5.52 Å².